The molecule has 138 valence electrons. The normalized spacial score (nSPS) is 11.5. The number of oxime groups is 1. The van der Waals surface area contributed by atoms with Crippen LogP contribution in [-0.2, 0) is 6.42 Å². The molecule has 0 atom stereocenters. The van der Waals surface area contributed by atoms with E-state index in [1.165, 1.54) is 0 Å². The maximum atomic E-state index is 12.6. The van der Waals surface area contributed by atoms with Gasteiger partial charge in [0, 0.05) is 5.56 Å². The van der Waals surface area contributed by atoms with Crippen LogP contribution >= 0.6 is 0 Å². The van der Waals surface area contributed by atoms with E-state index in [0.29, 0.717) is 11.1 Å². The lowest BCUT2D eigenvalue weighted by Gasteiger charge is -2.08. The predicted octanol–water partition coefficient (Wildman–Crippen LogP) is 5.36. The molecule has 2 aromatic carbocycles. The number of hydrogen-bond donors (Lipinski definition) is 2. The zero-order chi connectivity index (χ0) is 18.8. The average molecular weight is 353 g/mol. The van der Waals surface area contributed by atoms with Crippen LogP contribution in [0.25, 0.3) is 0 Å². The van der Waals surface area contributed by atoms with E-state index in [-0.39, 0.29) is 11.5 Å². The van der Waals surface area contributed by atoms with Crippen molar-refractivity contribution < 1.29 is 15.1 Å². The molecule has 0 fully saturated rings. The smallest absolute Gasteiger partial charge is 0.196 e. The van der Waals surface area contributed by atoms with E-state index in [1.807, 2.05) is 24.3 Å². The minimum absolute atomic E-state index is 0.0110. The first-order valence-corrected chi connectivity index (χ1v) is 9.27. The number of carbonyl (C=O) groups is 1. The Kier molecular flexibility index (Phi) is 7.87. The van der Waals surface area contributed by atoms with Gasteiger partial charge >= 0.3 is 0 Å². The molecule has 0 aliphatic heterocycles. The second-order valence-electron chi connectivity index (χ2n) is 6.52. The van der Waals surface area contributed by atoms with E-state index in [9.17, 15) is 9.90 Å². The van der Waals surface area contributed by atoms with Gasteiger partial charge in [-0.15, -0.1) is 0 Å². The summed E-state index contributed by atoms with van der Waals surface area (Å²) in [6.07, 6.45) is 6.47. The Morgan fingerprint density at radius 1 is 1.00 bits per heavy atom. The molecule has 0 bridgehead atoms. The van der Waals surface area contributed by atoms with Crippen LogP contribution in [0.1, 0.15) is 66.9 Å². The van der Waals surface area contributed by atoms with Gasteiger partial charge in [-0.1, -0.05) is 54.9 Å². The van der Waals surface area contributed by atoms with Crippen molar-refractivity contribution in [2.75, 3.05) is 0 Å². The van der Waals surface area contributed by atoms with Gasteiger partial charge in [0.2, 0.25) is 0 Å². The number of phenols is 1. The topological polar surface area (TPSA) is 69.9 Å². The highest BCUT2D eigenvalue weighted by Gasteiger charge is 2.14. The van der Waals surface area contributed by atoms with Gasteiger partial charge in [-0.25, -0.2) is 0 Å². The van der Waals surface area contributed by atoms with E-state index in [0.717, 1.165) is 56.2 Å². The molecule has 0 spiro atoms. The van der Waals surface area contributed by atoms with Crippen molar-refractivity contribution in [1.82, 2.24) is 0 Å². The zero-order valence-corrected chi connectivity index (χ0v) is 15.3. The minimum atomic E-state index is -0.167. The first kappa shape index (κ1) is 19.7. The second kappa shape index (κ2) is 10.4. The highest BCUT2D eigenvalue weighted by atomic mass is 16.4. The molecule has 0 heterocycles. The monoisotopic (exact) mass is 353 g/mol. The molecule has 0 aliphatic carbocycles. The summed E-state index contributed by atoms with van der Waals surface area (Å²) in [5.41, 5.74) is 2.80. The van der Waals surface area contributed by atoms with Crippen molar-refractivity contribution >= 4 is 11.5 Å². The molecule has 4 nitrogen and oxygen atoms in total. The summed E-state index contributed by atoms with van der Waals surface area (Å²) in [5.74, 6) is -0.156. The second-order valence-corrected chi connectivity index (χ2v) is 6.52. The summed E-state index contributed by atoms with van der Waals surface area (Å²) in [4.78, 5) is 12.6. The molecular weight excluding hydrogens is 326 g/mol. The molecule has 0 unspecified atom stereocenters. The van der Waals surface area contributed by atoms with Crippen molar-refractivity contribution in [1.29, 1.82) is 0 Å². The first-order valence-electron chi connectivity index (χ1n) is 9.27. The van der Waals surface area contributed by atoms with E-state index in [4.69, 9.17) is 5.21 Å². The van der Waals surface area contributed by atoms with Gasteiger partial charge in [-0.05, 0) is 56.2 Å². The van der Waals surface area contributed by atoms with Crippen LogP contribution in [0.2, 0.25) is 0 Å². The lowest BCUT2D eigenvalue weighted by atomic mass is 9.97. The zero-order valence-electron chi connectivity index (χ0n) is 15.3. The quantitative estimate of drug-likeness (QED) is 0.199. The maximum absolute atomic E-state index is 12.6. The van der Waals surface area contributed by atoms with Crippen molar-refractivity contribution in [2.45, 2.75) is 51.9 Å². The molecule has 0 radical (unpaired) electrons. The Morgan fingerprint density at radius 3 is 2.42 bits per heavy atom. The minimum Gasteiger partial charge on any atom is -0.507 e. The van der Waals surface area contributed by atoms with Crippen LogP contribution < -0.4 is 0 Å². The van der Waals surface area contributed by atoms with E-state index in [2.05, 4.69) is 12.1 Å². The lowest BCUT2D eigenvalue weighted by molar-refractivity contribution is 0.103. The van der Waals surface area contributed by atoms with Crippen molar-refractivity contribution in [3.63, 3.8) is 0 Å². The van der Waals surface area contributed by atoms with Crippen LogP contribution in [-0.4, -0.2) is 21.8 Å². The molecule has 0 saturated heterocycles. The molecule has 4 heteroatoms. The van der Waals surface area contributed by atoms with Gasteiger partial charge in [0.1, 0.15) is 5.75 Å². The molecule has 2 N–H and O–H groups in total. The lowest BCUT2D eigenvalue weighted by Crippen LogP contribution is -2.03. The highest BCUT2D eigenvalue weighted by Crippen LogP contribution is 2.23. The fourth-order valence-corrected chi connectivity index (χ4v) is 2.93. The highest BCUT2D eigenvalue weighted by molar-refractivity contribution is 6.10. The Labute approximate surface area is 155 Å². The standard InChI is InChI=1S/C22H27NO3/c1-2-3-12-19(23-26)13-8-7-9-17-14-15-21(24)20(16-17)22(25)18-10-5-4-6-11-18/h4-6,10-11,14-16,24,26H,2-3,7-9,12-13H2,1H3. The summed E-state index contributed by atoms with van der Waals surface area (Å²) < 4.78 is 0. The Morgan fingerprint density at radius 2 is 1.73 bits per heavy atom. The van der Waals surface area contributed by atoms with Gasteiger partial charge in [0.25, 0.3) is 0 Å². The summed E-state index contributed by atoms with van der Waals surface area (Å²) >= 11 is 0. The number of nitrogens with zero attached hydrogens (tertiary/aromatic N) is 1. The molecule has 0 aromatic heterocycles. The van der Waals surface area contributed by atoms with E-state index >= 15 is 0 Å². The number of hydrogen-bond acceptors (Lipinski definition) is 4. The van der Waals surface area contributed by atoms with Crippen LogP contribution in [0.5, 0.6) is 5.75 Å². The van der Waals surface area contributed by atoms with Gasteiger partial charge in [0.15, 0.2) is 5.78 Å². The van der Waals surface area contributed by atoms with Crippen LogP contribution in [0, 0.1) is 0 Å². The fraction of sp³-hybridized carbons (Fsp3) is 0.364. The van der Waals surface area contributed by atoms with E-state index < -0.39 is 0 Å². The SMILES string of the molecule is CCCCC(CCCCc1ccc(O)c(C(=O)c2ccccc2)c1)=NO. The molecular formula is C22H27NO3. The number of phenolic OH excluding ortho intramolecular Hbond substituents is 1. The number of benzene rings is 2. The van der Waals surface area contributed by atoms with Crippen molar-refractivity contribution in [2.24, 2.45) is 5.16 Å². The predicted molar refractivity (Wildman–Crippen MR) is 104 cm³/mol. The van der Waals surface area contributed by atoms with Crippen molar-refractivity contribution in [3.8, 4) is 5.75 Å². The number of aryl methyl sites for hydroxylation is 1. The van der Waals surface area contributed by atoms with Gasteiger partial charge in [-0.2, -0.15) is 0 Å². The Bertz CT molecular complexity index is 738. The Hall–Kier alpha value is -2.62. The largest absolute Gasteiger partial charge is 0.507 e. The molecule has 0 aliphatic rings. The number of ketones is 1. The summed E-state index contributed by atoms with van der Waals surface area (Å²) in [7, 11) is 0. The molecule has 26 heavy (non-hydrogen) atoms. The van der Waals surface area contributed by atoms with Crippen LogP contribution in [0.15, 0.2) is 53.7 Å². The Balaban J connectivity index is 1.94. The molecule has 0 saturated carbocycles. The number of unbranched alkanes of at least 4 members (excludes halogenated alkanes) is 2. The van der Waals surface area contributed by atoms with Crippen molar-refractivity contribution in [3.05, 3.63) is 65.2 Å². The fourth-order valence-electron chi connectivity index (χ4n) is 2.93. The molecule has 2 aromatic rings. The number of carbonyl (C=O) groups excluding carboxylic acids is 1. The third-order valence-corrected chi connectivity index (χ3v) is 4.48. The van der Waals surface area contributed by atoms with E-state index in [1.54, 1.807) is 24.3 Å². The van der Waals surface area contributed by atoms with Gasteiger partial charge in [0.05, 0.1) is 11.3 Å². The van der Waals surface area contributed by atoms with Crippen LogP contribution in [0.3, 0.4) is 0 Å². The third-order valence-electron chi connectivity index (χ3n) is 4.48. The van der Waals surface area contributed by atoms with Crippen LogP contribution in [0.4, 0.5) is 0 Å². The van der Waals surface area contributed by atoms with Gasteiger partial charge in [-0.3, -0.25) is 4.79 Å². The van der Waals surface area contributed by atoms with Gasteiger partial charge < -0.3 is 10.3 Å². The third kappa shape index (κ3) is 5.73. The number of rotatable bonds is 10. The summed E-state index contributed by atoms with van der Waals surface area (Å²) in [6, 6.07) is 14.2. The summed E-state index contributed by atoms with van der Waals surface area (Å²) in [5, 5.41) is 22.5. The number of aromatic hydroxyl groups is 1. The molecule has 0 amide bonds. The summed E-state index contributed by atoms with van der Waals surface area (Å²) in [6.45, 7) is 2.12. The first-order chi connectivity index (χ1) is 12.7. The molecule has 2 rings (SSSR count). The average Bonchev–Trinajstić information content (AvgIpc) is 2.68. The maximum Gasteiger partial charge on any atom is 0.196 e.